The Morgan fingerprint density at radius 1 is 0.970 bits per heavy atom. The molecule has 33 heavy (non-hydrogen) atoms. The van der Waals surface area contributed by atoms with E-state index in [1.807, 2.05) is 0 Å². The molecule has 0 spiro atoms. The fraction of sp³-hybridized carbons (Fsp3) is 0.182. The van der Waals surface area contributed by atoms with E-state index in [1.54, 1.807) is 6.07 Å². The summed E-state index contributed by atoms with van der Waals surface area (Å²) in [5.41, 5.74) is -0.168. The van der Waals surface area contributed by atoms with Gasteiger partial charge in [0.25, 0.3) is 17.1 Å². The number of hydrogen-bond acceptors (Lipinski definition) is 5. The van der Waals surface area contributed by atoms with E-state index in [-0.39, 0.29) is 42.1 Å². The van der Waals surface area contributed by atoms with Crippen molar-refractivity contribution in [3.63, 3.8) is 0 Å². The Labute approximate surface area is 191 Å². The molecule has 7 nitrogen and oxygen atoms in total. The minimum atomic E-state index is -1.02. The van der Waals surface area contributed by atoms with Crippen LogP contribution in [0.5, 0.6) is 0 Å². The van der Waals surface area contributed by atoms with Crippen molar-refractivity contribution in [3.05, 3.63) is 75.9 Å². The molecule has 2 aromatic rings. The lowest BCUT2D eigenvalue weighted by Gasteiger charge is -2.13. The average Bonchev–Trinajstić information content (AvgIpc) is 3.02. The topological polar surface area (TPSA) is 95.6 Å². The molecule has 11 heteroatoms. The Hall–Kier alpha value is -3.60. The Balaban J connectivity index is 1.43. The van der Waals surface area contributed by atoms with Crippen LogP contribution in [-0.2, 0) is 9.59 Å². The van der Waals surface area contributed by atoms with Crippen LogP contribution in [0.1, 0.15) is 22.3 Å². The van der Waals surface area contributed by atoms with Gasteiger partial charge in [-0.15, -0.1) is 0 Å². The molecule has 1 heterocycles. The van der Waals surface area contributed by atoms with Crippen LogP contribution in [0, 0.1) is 17.5 Å². The molecule has 0 radical (unpaired) electrons. The third-order valence-corrected chi connectivity index (χ3v) is 5.44. The van der Waals surface area contributed by atoms with E-state index in [1.165, 1.54) is 24.3 Å². The van der Waals surface area contributed by atoms with E-state index >= 15 is 0 Å². The van der Waals surface area contributed by atoms with E-state index in [0.29, 0.717) is 17.8 Å². The van der Waals surface area contributed by atoms with Gasteiger partial charge in [0, 0.05) is 37.7 Å². The van der Waals surface area contributed by atoms with Crippen LogP contribution < -0.4 is 10.6 Å². The predicted molar refractivity (Wildman–Crippen MR) is 115 cm³/mol. The predicted octanol–water partition coefficient (Wildman–Crippen LogP) is 3.08. The van der Waals surface area contributed by atoms with E-state index in [2.05, 4.69) is 10.6 Å². The second-order valence-corrected chi connectivity index (χ2v) is 7.83. The molecule has 1 aliphatic heterocycles. The maximum atomic E-state index is 13.8. The van der Waals surface area contributed by atoms with Gasteiger partial charge in [0.15, 0.2) is 0 Å². The van der Waals surface area contributed by atoms with Gasteiger partial charge in [0.05, 0.1) is 10.5 Å². The number of rotatable bonds is 8. The minimum absolute atomic E-state index is 0.0234. The fourth-order valence-corrected chi connectivity index (χ4v) is 3.74. The van der Waals surface area contributed by atoms with E-state index < -0.39 is 40.4 Å². The van der Waals surface area contributed by atoms with E-state index in [4.69, 9.17) is 0 Å². The highest BCUT2D eigenvalue weighted by Crippen LogP contribution is 2.32. The molecular weight excluding hydrogens is 459 g/mol. The van der Waals surface area contributed by atoms with Crippen molar-refractivity contribution in [2.75, 3.05) is 19.6 Å². The lowest BCUT2D eigenvalue weighted by molar-refractivity contribution is -0.124. The maximum Gasteiger partial charge on any atom is 0.293 e. The third kappa shape index (κ3) is 6.22. The molecule has 1 saturated heterocycles. The number of imide groups is 1. The fourth-order valence-electron chi connectivity index (χ4n) is 2.88. The Kier molecular flexibility index (Phi) is 7.88. The van der Waals surface area contributed by atoms with Gasteiger partial charge >= 0.3 is 0 Å². The summed E-state index contributed by atoms with van der Waals surface area (Å²) in [5.74, 6) is -4.20. The molecule has 0 aliphatic carbocycles. The van der Waals surface area contributed by atoms with Crippen LogP contribution in [0.15, 0.2) is 47.4 Å². The first-order chi connectivity index (χ1) is 15.8. The smallest absolute Gasteiger partial charge is 0.293 e. The molecule has 1 aliphatic rings. The quantitative estimate of drug-likeness (QED) is 0.570. The number of thioether (sulfide) groups is 1. The SMILES string of the molecule is O=C(CCNC(=O)c1ccc(F)cc1F)NCCN1C(=O)S/C(=C\c2ccccc2F)C1=O. The molecule has 4 amide bonds. The molecule has 0 unspecified atom stereocenters. The van der Waals surface area contributed by atoms with E-state index in [9.17, 15) is 32.3 Å². The molecule has 172 valence electrons. The van der Waals surface area contributed by atoms with Crippen molar-refractivity contribution < 1.29 is 32.3 Å². The molecule has 2 N–H and O–H groups in total. The van der Waals surface area contributed by atoms with Crippen molar-refractivity contribution in [1.82, 2.24) is 15.5 Å². The van der Waals surface area contributed by atoms with Gasteiger partial charge in [-0.3, -0.25) is 24.1 Å². The van der Waals surface area contributed by atoms with Crippen molar-refractivity contribution in [2.45, 2.75) is 6.42 Å². The number of amides is 4. The van der Waals surface area contributed by atoms with Gasteiger partial charge in [-0.1, -0.05) is 18.2 Å². The van der Waals surface area contributed by atoms with Gasteiger partial charge in [0.1, 0.15) is 17.5 Å². The van der Waals surface area contributed by atoms with Crippen LogP contribution in [0.3, 0.4) is 0 Å². The lowest BCUT2D eigenvalue weighted by Crippen LogP contribution is -2.38. The molecule has 2 aromatic carbocycles. The Morgan fingerprint density at radius 2 is 1.73 bits per heavy atom. The summed E-state index contributed by atoms with van der Waals surface area (Å²) >= 11 is 0.679. The van der Waals surface area contributed by atoms with Crippen molar-refractivity contribution in [1.29, 1.82) is 0 Å². The van der Waals surface area contributed by atoms with Crippen LogP contribution in [-0.4, -0.2) is 47.5 Å². The average molecular weight is 477 g/mol. The van der Waals surface area contributed by atoms with Gasteiger partial charge < -0.3 is 10.6 Å². The largest absolute Gasteiger partial charge is 0.354 e. The first kappa shape index (κ1) is 24.1. The van der Waals surface area contributed by atoms with Crippen LogP contribution >= 0.6 is 11.8 Å². The zero-order valence-electron chi connectivity index (χ0n) is 17.1. The van der Waals surface area contributed by atoms with Crippen LogP contribution in [0.25, 0.3) is 6.08 Å². The van der Waals surface area contributed by atoms with E-state index in [0.717, 1.165) is 17.0 Å². The standard InChI is InChI=1S/C22H18F3N3O4S/c23-14-5-6-15(17(25)12-14)20(30)27-8-7-19(29)26-9-10-28-21(31)18(33-22(28)32)11-13-3-1-2-4-16(13)24/h1-6,11-12H,7-10H2,(H,26,29)(H,27,30)/b18-11-. The second kappa shape index (κ2) is 10.8. The summed E-state index contributed by atoms with van der Waals surface area (Å²) in [6.07, 6.45) is 1.16. The summed E-state index contributed by atoms with van der Waals surface area (Å²) in [5, 5.41) is 4.32. The zero-order valence-corrected chi connectivity index (χ0v) is 17.9. The summed E-state index contributed by atoms with van der Waals surface area (Å²) in [7, 11) is 0. The molecule has 0 aromatic heterocycles. The van der Waals surface area contributed by atoms with Gasteiger partial charge in [-0.2, -0.15) is 0 Å². The number of hydrogen-bond donors (Lipinski definition) is 2. The third-order valence-electron chi connectivity index (χ3n) is 4.54. The van der Waals surface area contributed by atoms with Crippen LogP contribution in [0.4, 0.5) is 18.0 Å². The minimum Gasteiger partial charge on any atom is -0.354 e. The zero-order chi connectivity index (χ0) is 24.0. The van der Waals surface area contributed by atoms with Crippen molar-refractivity contribution in [3.8, 4) is 0 Å². The number of carbonyl (C=O) groups is 4. The summed E-state index contributed by atoms with van der Waals surface area (Å²) < 4.78 is 40.2. The molecule has 3 rings (SSSR count). The molecular formula is C22H18F3N3O4S. The first-order valence-electron chi connectivity index (χ1n) is 9.76. The molecule has 0 atom stereocenters. The highest BCUT2D eigenvalue weighted by atomic mass is 32.2. The summed E-state index contributed by atoms with van der Waals surface area (Å²) in [4.78, 5) is 49.3. The van der Waals surface area contributed by atoms with Crippen LogP contribution in [0.2, 0.25) is 0 Å². The Morgan fingerprint density at radius 3 is 2.45 bits per heavy atom. The number of halogens is 3. The monoisotopic (exact) mass is 477 g/mol. The number of nitrogens with zero attached hydrogens (tertiary/aromatic N) is 1. The molecule has 0 bridgehead atoms. The maximum absolute atomic E-state index is 13.8. The molecule has 0 saturated carbocycles. The molecule has 1 fully saturated rings. The lowest BCUT2D eigenvalue weighted by atomic mass is 10.2. The van der Waals surface area contributed by atoms with Crippen molar-refractivity contribution >= 4 is 40.8 Å². The number of nitrogens with one attached hydrogen (secondary N) is 2. The van der Waals surface area contributed by atoms with Gasteiger partial charge in [0.2, 0.25) is 5.91 Å². The highest BCUT2D eigenvalue weighted by molar-refractivity contribution is 8.18. The van der Waals surface area contributed by atoms with Gasteiger partial charge in [-0.05, 0) is 36.0 Å². The number of benzene rings is 2. The summed E-state index contributed by atoms with van der Waals surface area (Å²) in [6, 6.07) is 8.35. The van der Waals surface area contributed by atoms with Gasteiger partial charge in [-0.25, -0.2) is 13.2 Å². The highest BCUT2D eigenvalue weighted by Gasteiger charge is 2.34. The number of carbonyl (C=O) groups excluding carboxylic acids is 4. The Bertz CT molecular complexity index is 1140. The second-order valence-electron chi connectivity index (χ2n) is 6.83. The normalized spacial score (nSPS) is 14.6. The summed E-state index contributed by atoms with van der Waals surface area (Å²) in [6.45, 7) is -0.211. The van der Waals surface area contributed by atoms with Crippen molar-refractivity contribution in [2.24, 2.45) is 0 Å². The first-order valence-corrected chi connectivity index (χ1v) is 10.6.